The summed E-state index contributed by atoms with van der Waals surface area (Å²) in [4.78, 5) is 42.5. The molecule has 0 radical (unpaired) electrons. The molecular formula is C89H126O9. The summed E-state index contributed by atoms with van der Waals surface area (Å²) in [6.07, 6.45) is 3.25. The van der Waals surface area contributed by atoms with Crippen molar-refractivity contribution in [1.82, 2.24) is 0 Å². The van der Waals surface area contributed by atoms with Crippen molar-refractivity contribution < 1.29 is 43.9 Å². The van der Waals surface area contributed by atoms with Gasteiger partial charge in [0.2, 0.25) is 0 Å². The molecule has 2 atom stereocenters. The molecule has 0 bridgehead atoms. The molecule has 9 nitrogen and oxygen atoms in total. The first-order valence-electron chi connectivity index (χ1n) is 36.0. The van der Waals surface area contributed by atoms with Crippen molar-refractivity contribution in [3.05, 3.63) is 173 Å². The Hall–Kier alpha value is -6.87. The maximum absolute atomic E-state index is 14.3. The van der Waals surface area contributed by atoms with Gasteiger partial charge >= 0.3 is 17.9 Å². The Morgan fingerprint density at radius 3 is 0.827 bits per heavy atom. The Labute approximate surface area is 592 Å². The van der Waals surface area contributed by atoms with Crippen LogP contribution in [0.25, 0.3) is 0 Å². The first kappa shape index (κ1) is 80.1. The molecule has 536 valence electrons. The zero-order chi connectivity index (χ0) is 74.5. The number of aromatic hydroxyl groups is 3. The van der Waals surface area contributed by atoms with Crippen molar-refractivity contribution in [3.63, 3.8) is 0 Å². The van der Waals surface area contributed by atoms with E-state index in [1.54, 1.807) is 0 Å². The van der Waals surface area contributed by atoms with Crippen molar-refractivity contribution >= 4 is 17.9 Å². The quantitative estimate of drug-likeness (QED) is 0.0567. The van der Waals surface area contributed by atoms with Gasteiger partial charge in [0, 0.05) is 36.0 Å². The molecule has 98 heavy (non-hydrogen) atoms. The first-order valence-corrected chi connectivity index (χ1v) is 36.0. The molecule has 6 rings (SSSR count). The summed E-state index contributed by atoms with van der Waals surface area (Å²) in [5.74, 6) is 1.57. The topological polar surface area (TPSA) is 140 Å². The Morgan fingerprint density at radius 1 is 0.327 bits per heavy atom. The van der Waals surface area contributed by atoms with E-state index in [0.717, 1.165) is 107 Å². The third-order valence-corrected chi connectivity index (χ3v) is 19.6. The second-order valence-corrected chi connectivity index (χ2v) is 38.0. The van der Waals surface area contributed by atoms with Gasteiger partial charge < -0.3 is 29.5 Å². The maximum Gasteiger partial charge on any atom is 0.311 e. The second kappa shape index (κ2) is 29.0. The lowest BCUT2D eigenvalue weighted by molar-refractivity contribution is -0.135. The van der Waals surface area contributed by atoms with Crippen LogP contribution in [-0.2, 0) is 88.8 Å². The number of carbonyl (C=O) groups excluding carboxylic acids is 3. The molecule has 0 saturated carbocycles. The van der Waals surface area contributed by atoms with Gasteiger partial charge in [-0.05, 0) is 215 Å². The molecule has 0 aromatic heterocycles. The first-order chi connectivity index (χ1) is 44.4. The van der Waals surface area contributed by atoms with E-state index in [2.05, 4.69) is 239 Å². The highest BCUT2D eigenvalue weighted by molar-refractivity contribution is 5.75. The van der Waals surface area contributed by atoms with Crippen LogP contribution in [0.4, 0.5) is 0 Å². The molecular weight excluding hydrogens is 1210 g/mol. The Morgan fingerprint density at radius 2 is 0.561 bits per heavy atom. The summed E-state index contributed by atoms with van der Waals surface area (Å²) in [7, 11) is 0. The van der Waals surface area contributed by atoms with E-state index in [-0.39, 0.29) is 86.9 Å². The van der Waals surface area contributed by atoms with E-state index in [0.29, 0.717) is 60.2 Å². The number of benzene rings is 6. The van der Waals surface area contributed by atoms with Gasteiger partial charge in [-0.2, -0.15) is 0 Å². The number of esters is 3. The highest BCUT2D eigenvalue weighted by Crippen LogP contribution is 2.47. The minimum atomic E-state index is -0.429. The molecule has 6 aromatic rings. The molecule has 0 aliphatic rings. The van der Waals surface area contributed by atoms with Crippen LogP contribution in [0.5, 0.6) is 34.5 Å². The van der Waals surface area contributed by atoms with Crippen LogP contribution < -0.4 is 14.2 Å². The van der Waals surface area contributed by atoms with Crippen LogP contribution >= 0.6 is 0 Å². The predicted molar refractivity (Wildman–Crippen MR) is 408 cm³/mol. The zero-order valence-corrected chi connectivity index (χ0v) is 66.5. The van der Waals surface area contributed by atoms with Crippen molar-refractivity contribution in [2.45, 2.75) is 327 Å². The van der Waals surface area contributed by atoms with E-state index in [1.165, 1.54) is 0 Å². The third kappa shape index (κ3) is 20.0. The molecule has 3 N–H and O–H groups in total. The van der Waals surface area contributed by atoms with Gasteiger partial charge in [0.15, 0.2) is 0 Å². The summed E-state index contributed by atoms with van der Waals surface area (Å²) < 4.78 is 19.3. The van der Waals surface area contributed by atoms with E-state index in [4.69, 9.17) is 14.2 Å². The molecule has 0 fully saturated rings. The molecule has 0 saturated heterocycles. The average molecular weight is 1340 g/mol. The van der Waals surface area contributed by atoms with E-state index < -0.39 is 10.8 Å². The van der Waals surface area contributed by atoms with Crippen LogP contribution in [-0.4, -0.2) is 33.2 Å². The van der Waals surface area contributed by atoms with Gasteiger partial charge in [-0.15, -0.1) is 0 Å². The molecule has 0 aliphatic carbocycles. The highest BCUT2D eigenvalue weighted by Gasteiger charge is 2.34. The van der Waals surface area contributed by atoms with Crippen molar-refractivity contribution in [3.8, 4) is 34.5 Å². The number of carbonyl (C=O) groups is 3. The predicted octanol–water partition coefficient (Wildman–Crippen LogP) is 22.5. The van der Waals surface area contributed by atoms with Crippen LogP contribution in [0.15, 0.2) is 72.8 Å². The summed E-state index contributed by atoms with van der Waals surface area (Å²) in [6.45, 7) is 65.8. The van der Waals surface area contributed by atoms with Crippen molar-refractivity contribution in [2.75, 3.05) is 0 Å². The number of phenolic OH excluding ortho intramolecular Hbond substituents is 3. The largest absolute Gasteiger partial charge is 0.507 e. The minimum Gasteiger partial charge on any atom is -0.507 e. The van der Waals surface area contributed by atoms with Gasteiger partial charge in [-0.25, -0.2) is 0 Å². The number of phenols is 3. The summed E-state index contributed by atoms with van der Waals surface area (Å²) in [5.41, 5.74) is 14.3. The monoisotopic (exact) mass is 1340 g/mol. The SMILES string of the molecule is Cc1cc(OC(=O)CCc2cc(C(C)(C)C)c(O)c(C(C)(C)C)c2)c(C(C)(C)C)cc1CC(CC(C)c1cc(C(C)(C)C)c(OC(=O)CCc2cc(C(C)(C)C)c(O)c(C(C)(C)C)c2)cc1C)c1cc(C(C)(C)C)c(OC(=O)CCc2cc(C(C)(C)C)c(O)c(C(C)(C)C)c2)cc1C. The minimum absolute atomic E-state index is 0.0111. The van der Waals surface area contributed by atoms with Crippen LogP contribution in [0, 0.1) is 20.8 Å². The Bertz CT molecular complexity index is 3810. The highest BCUT2D eigenvalue weighted by atomic mass is 16.5. The van der Waals surface area contributed by atoms with Gasteiger partial charge in [0.25, 0.3) is 0 Å². The van der Waals surface area contributed by atoms with Crippen LogP contribution in [0.1, 0.15) is 332 Å². The molecule has 2 unspecified atom stereocenters. The molecule has 0 amide bonds. The molecule has 0 spiro atoms. The standard InChI is InChI=1S/C89H126O9/c1-52-39-72(96-75(90)35-32-56-42-66(84(14,15)16)78(93)67(43-56)85(17,18)19)63(81(5,6)7)49-59(52)48-60(62-51-65(83(11,12)13)74(41-55(62)4)98-77(92)37-34-58-46-70(88(26,27)28)80(95)71(47-58)89(29,30)31)38-53(2)61-50-64(82(8,9)10)73(40-54(61)3)97-76(91)36-33-57-44-68(86(20,21)22)79(94)69(45-57)87(23,24)25/h39-47,49-51,53,60,93-95H,32-38,48H2,1-31H3. The lowest BCUT2D eigenvalue weighted by Crippen LogP contribution is -2.20. The van der Waals surface area contributed by atoms with Gasteiger partial charge in [0.05, 0.1) is 0 Å². The summed E-state index contributed by atoms with van der Waals surface area (Å²) in [5, 5.41) is 34.4. The number of ether oxygens (including phenoxy) is 3. The fourth-order valence-corrected chi connectivity index (χ4v) is 13.7. The molecule has 0 heterocycles. The number of hydrogen-bond acceptors (Lipinski definition) is 9. The number of aryl methyl sites for hydroxylation is 6. The normalized spacial score (nSPS) is 13.7. The van der Waals surface area contributed by atoms with E-state index in [9.17, 15) is 29.7 Å². The molecule has 9 heteroatoms. The fourth-order valence-electron chi connectivity index (χ4n) is 13.7. The molecule has 6 aromatic carbocycles. The van der Waals surface area contributed by atoms with Gasteiger partial charge in [-0.3, -0.25) is 14.4 Å². The molecule has 0 aliphatic heterocycles. The maximum atomic E-state index is 14.3. The van der Waals surface area contributed by atoms with Crippen molar-refractivity contribution in [2.24, 2.45) is 0 Å². The average Bonchev–Trinajstić information content (AvgIpc) is 0.799. The van der Waals surface area contributed by atoms with E-state index in [1.807, 2.05) is 48.5 Å². The summed E-state index contributed by atoms with van der Waals surface area (Å²) in [6, 6.07) is 25.2. The van der Waals surface area contributed by atoms with Crippen molar-refractivity contribution in [1.29, 1.82) is 0 Å². The van der Waals surface area contributed by atoms with Gasteiger partial charge in [-0.1, -0.05) is 248 Å². The lowest BCUT2D eigenvalue weighted by atomic mass is 9.75. The number of rotatable bonds is 18. The van der Waals surface area contributed by atoms with Crippen LogP contribution in [0.2, 0.25) is 0 Å². The third-order valence-electron chi connectivity index (χ3n) is 19.6. The Kier molecular flexibility index (Phi) is 23.7. The number of hydrogen-bond donors (Lipinski definition) is 3. The zero-order valence-electron chi connectivity index (χ0n) is 66.5. The smallest absolute Gasteiger partial charge is 0.311 e. The van der Waals surface area contributed by atoms with E-state index >= 15 is 0 Å². The van der Waals surface area contributed by atoms with Crippen LogP contribution in [0.3, 0.4) is 0 Å². The second-order valence-electron chi connectivity index (χ2n) is 38.0. The Balaban J connectivity index is 1.41. The fraction of sp³-hybridized carbons (Fsp3) is 0.562. The lowest BCUT2D eigenvalue weighted by Gasteiger charge is -2.31. The van der Waals surface area contributed by atoms with Gasteiger partial charge in [0.1, 0.15) is 34.5 Å². The summed E-state index contributed by atoms with van der Waals surface area (Å²) >= 11 is 0.